The van der Waals surface area contributed by atoms with E-state index in [1.165, 1.54) is 25.3 Å². The first-order chi connectivity index (χ1) is 16.6. The van der Waals surface area contributed by atoms with Gasteiger partial charge in [0.1, 0.15) is 11.6 Å². The van der Waals surface area contributed by atoms with Crippen molar-refractivity contribution in [2.45, 2.75) is 25.2 Å². The highest BCUT2D eigenvalue weighted by Crippen LogP contribution is 2.33. The van der Waals surface area contributed by atoms with E-state index in [0.717, 1.165) is 23.3 Å². The molecule has 35 heavy (non-hydrogen) atoms. The molecule has 0 bridgehead atoms. The molecule has 0 N–H and O–H groups in total. The lowest BCUT2D eigenvalue weighted by Gasteiger charge is -2.41. The Morgan fingerprint density at radius 1 is 1.11 bits per heavy atom. The highest BCUT2D eigenvalue weighted by atomic mass is 19.4. The van der Waals surface area contributed by atoms with Crippen molar-refractivity contribution in [1.29, 1.82) is 0 Å². The number of rotatable bonds is 6. The molecule has 1 saturated heterocycles. The summed E-state index contributed by atoms with van der Waals surface area (Å²) in [6.45, 7) is 2.03. The number of carbonyl (C=O) groups excluding carboxylic acids is 1. The number of piperazine rings is 1. The van der Waals surface area contributed by atoms with Crippen molar-refractivity contribution in [2.75, 3.05) is 26.7 Å². The maximum absolute atomic E-state index is 13.5. The number of alkyl halides is 3. The second-order valence-corrected chi connectivity index (χ2v) is 8.69. The molecular formula is C25H26F4N4O2. The Bertz CT molecular complexity index is 1180. The molecule has 1 amide bonds. The van der Waals surface area contributed by atoms with Gasteiger partial charge in [-0.05, 0) is 42.3 Å². The number of hydrogen-bond acceptors (Lipinski definition) is 4. The van der Waals surface area contributed by atoms with Gasteiger partial charge in [0.05, 0.1) is 18.9 Å². The molecule has 10 heteroatoms. The first-order valence-electron chi connectivity index (χ1n) is 11.1. The van der Waals surface area contributed by atoms with Crippen LogP contribution in [-0.4, -0.2) is 58.3 Å². The molecule has 0 aliphatic carbocycles. The van der Waals surface area contributed by atoms with E-state index in [4.69, 9.17) is 4.74 Å². The summed E-state index contributed by atoms with van der Waals surface area (Å²) in [6, 6.07) is 8.77. The number of aryl methyl sites for hydroxylation is 1. The van der Waals surface area contributed by atoms with Gasteiger partial charge in [-0.15, -0.1) is 0 Å². The molecule has 186 valence electrons. The number of carbonyl (C=O) groups is 1. The first kappa shape index (κ1) is 24.7. The number of methoxy groups -OCH3 is 1. The molecule has 0 spiro atoms. The Morgan fingerprint density at radius 2 is 1.86 bits per heavy atom. The van der Waals surface area contributed by atoms with Crippen molar-refractivity contribution in [3.63, 3.8) is 0 Å². The fraction of sp³-hybridized carbons (Fsp3) is 0.360. The molecule has 1 aliphatic rings. The molecule has 0 saturated carbocycles. The predicted molar refractivity (Wildman–Crippen MR) is 121 cm³/mol. The summed E-state index contributed by atoms with van der Waals surface area (Å²) in [6.07, 6.45) is -0.478. The van der Waals surface area contributed by atoms with E-state index in [2.05, 4.69) is 10.00 Å². The van der Waals surface area contributed by atoms with Crippen LogP contribution in [-0.2, 0) is 26.2 Å². The van der Waals surface area contributed by atoms with Crippen LogP contribution >= 0.6 is 0 Å². The fourth-order valence-corrected chi connectivity index (χ4v) is 4.38. The maximum atomic E-state index is 13.5. The Hall–Kier alpha value is -3.40. The lowest BCUT2D eigenvalue weighted by atomic mass is 10.00. The number of halogens is 4. The summed E-state index contributed by atoms with van der Waals surface area (Å²) in [5, 5.41) is 4.19. The van der Waals surface area contributed by atoms with Crippen LogP contribution in [0.5, 0.6) is 5.75 Å². The largest absolute Gasteiger partial charge is 0.497 e. The summed E-state index contributed by atoms with van der Waals surface area (Å²) in [4.78, 5) is 17.3. The summed E-state index contributed by atoms with van der Waals surface area (Å²) < 4.78 is 60.4. The minimum absolute atomic E-state index is 0.0338. The zero-order valence-corrected chi connectivity index (χ0v) is 19.4. The van der Waals surface area contributed by atoms with Gasteiger partial charge >= 0.3 is 6.18 Å². The van der Waals surface area contributed by atoms with Crippen LogP contribution in [0.3, 0.4) is 0 Å². The van der Waals surface area contributed by atoms with Gasteiger partial charge in [0.15, 0.2) is 0 Å². The SMILES string of the molecule is COc1cc(C(=O)N2CCN(Cc3cnn(C)c3)C[C@H]2Cc2ccc(F)cc2)cc(C(F)(F)F)c1. The molecule has 2 heterocycles. The second kappa shape index (κ2) is 10.1. The van der Waals surface area contributed by atoms with Crippen molar-refractivity contribution < 1.29 is 27.1 Å². The van der Waals surface area contributed by atoms with E-state index in [-0.39, 0.29) is 23.2 Å². The minimum Gasteiger partial charge on any atom is -0.497 e. The van der Waals surface area contributed by atoms with E-state index in [1.807, 2.05) is 13.2 Å². The highest BCUT2D eigenvalue weighted by Gasteiger charge is 2.35. The van der Waals surface area contributed by atoms with Crippen LogP contribution < -0.4 is 4.74 Å². The van der Waals surface area contributed by atoms with Gasteiger partial charge in [-0.1, -0.05) is 12.1 Å². The average molecular weight is 491 g/mol. The van der Waals surface area contributed by atoms with E-state index >= 15 is 0 Å². The normalized spacial score (nSPS) is 17.0. The van der Waals surface area contributed by atoms with E-state index in [9.17, 15) is 22.4 Å². The molecule has 3 aromatic rings. The summed E-state index contributed by atoms with van der Waals surface area (Å²) in [5.74, 6) is -0.893. The molecule has 6 nitrogen and oxygen atoms in total. The van der Waals surface area contributed by atoms with Gasteiger partial charge in [0.25, 0.3) is 5.91 Å². The third kappa shape index (κ3) is 6.00. The lowest BCUT2D eigenvalue weighted by molar-refractivity contribution is -0.137. The van der Waals surface area contributed by atoms with Gasteiger partial charge < -0.3 is 9.64 Å². The van der Waals surface area contributed by atoms with E-state index in [1.54, 1.807) is 27.9 Å². The van der Waals surface area contributed by atoms with Crippen molar-refractivity contribution in [3.05, 3.63) is 82.9 Å². The maximum Gasteiger partial charge on any atom is 0.416 e. The monoisotopic (exact) mass is 490 g/mol. The summed E-state index contributed by atoms with van der Waals surface area (Å²) in [5.41, 5.74) is 0.835. The van der Waals surface area contributed by atoms with Crippen molar-refractivity contribution >= 4 is 5.91 Å². The van der Waals surface area contributed by atoms with Crippen LogP contribution in [0.1, 0.15) is 27.0 Å². The fourth-order valence-electron chi connectivity index (χ4n) is 4.38. The third-order valence-electron chi connectivity index (χ3n) is 6.09. The topological polar surface area (TPSA) is 50.6 Å². The van der Waals surface area contributed by atoms with Crippen LogP contribution in [0.4, 0.5) is 17.6 Å². The van der Waals surface area contributed by atoms with Crippen molar-refractivity contribution in [3.8, 4) is 5.75 Å². The minimum atomic E-state index is -4.61. The van der Waals surface area contributed by atoms with Crippen molar-refractivity contribution in [1.82, 2.24) is 19.6 Å². The molecule has 0 radical (unpaired) electrons. The molecule has 1 aliphatic heterocycles. The average Bonchev–Trinajstić information content (AvgIpc) is 3.23. The molecule has 2 aromatic carbocycles. The Balaban J connectivity index is 1.61. The molecule has 1 fully saturated rings. The Labute approximate surface area is 200 Å². The lowest BCUT2D eigenvalue weighted by Crippen LogP contribution is -2.55. The molecular weight excluding hydrogens is 464 g/mol. The van der Waals surface area contributed by atoms with Crippen molar-refractivity contribution in [2.24, 2.45) is 7.05 Å². The standard InChI is InChI=1S/C25H26F4N4O2/c1-31-14-18(13-30-31)15-32-7-8-33(22(16-32)9-17-3-5-21(26)6-4-17)24(34)19-10-20(25(27,28)29)12-23(11-19)35-2/h3-6,10-14,22H,7-9,15-16H2,1-2H3/t22-/m1/s1. The van der Waals surface area contributed by atoms with Gasteiger partial charge in [-0.2, -0.15) is 18.3 Å². The quantitative estimate of drug-likeness (QED) is 0.487. The molecule has 4 rings (SSSR count). The van der Waals surface area contributed by atoms with Gasteiger partial charge in [0.2, 0.25) is 0 Å². The number of nitrogens with zero attached hydrogens (tertiary/aromatic N) is 4. The smallest absolute Gasteiger partial charge is 0.416 e. The van der Waals surface area contributed by atoms with Gasteiger partial charge in [0, 0.05) is 56.6 Å². The van der Waals surface area contributed by atoms with Gasteiger partial charge in [-0.3, -0.25) is 14.4 Å². The van der Waals surface area contributed by atoms with Crippen LogP contribution in [0.2, 0.25) is 0 Å². The zero-order chi connectivity index (χ0) is 25.2. The number of hydrogen-bond donors (Lipinski definition) is 0. The summed E-state index contributed by atoms with van der Waals surface area (Å²) in [7, 11) is 3.10. The highest BCUT2D eigenvalue weighted by molar-refractivity contribution is 5.95. The first-order valence-corrected chi connectivity index (χ1v) is 11.1. The summed E-state index contributed by atoms with van der Waals surface area (Å²) >= 11 is 0. The Kier molecular flexibility index (Phi) is 7.11. The van der Waals surface area contributed by atoms with Crippen LogP contribution in [0.25, 0.3) is 0 Å². The van der Waals surface area contributed by atoms with E-state index in [0.29, 0.717) is 32.6 Å². The molecule has 1 aromatic heterocycles. The zero-order valence-electron chi connectivity index (χ0n) is 19.4. The number of ether oxygens (including phenoxy) is 1. The molecule has 1 atom stereocenters. The third-order valence-corrected chi connectivity index (χ3v) is 6.09. The number of amides is 1. The molecule has 0 unspecified atom stereocenters. The van der Waals surface area contributed by atoms with Gasteiger partial charge in [-0.25, -0.2) is 4.39 Å². The second-order valence-electron chi connectivity index (χ2n) is 8.69. The Morgan fingerprint density at radius 3 is 2.49 bits per heavy atom. The number of aromatic nitrogens is 2. The number of benzene rings is 2. The van der Waals surface area contributed by atoms with E-state index < -0.39 is 17.6 Å². The van der Waals surface area contributed by atoms with Crippen LogP contribution in [0, 0.1) is 5.82 Å². The predicted octanol–water partition coefficient (Wildman–Crippen LogP) is 4.16. The van der Waals surface area contributed by atoms with Crippen LogP contribution in [0.15, 0.2) is 54.9 Å².